The fourth-order valence-corrected chi connectivity index (χ4v) is 2.22. The third-order valence-corrected chi connectivity index (χ3v) is 3.31. The van der Waals surface area contributed by atoms with Crippen LogP contribution in [0.1, 0.15) is 6.42 Å². The van der Waals surface area contributed by atoms with Crippen molar-refractivity contribution in [1.29, 1.82) is 0 Å². The Labute approximate surface area is 142 Å². The van der Waals surface area contributed by atoms with Crippen molar-refractivity contribution in [2.75, 3.05) is 26.3 Å². The minimum Gasteiger partial charge on any atom is -0.493 e. The van der Waals surface area contributed by atoms with Gasteiger partial charge in [0.15, 0.2) is 0 Å². The molecule has 0 spiro atoms. The molecule has 0 aliphatic heterocycles. The summed E-state index contributed by atoms with van der Waals surface area (Å²) in [5.41, 5.74) is 2.16. The van der Waals surface area contributed by atoms with Crippen LogP contribution < -0.4 is 10.1 Å². The average Bonchev–Trinajstić information content (AvgIpc) is 2.52. The summed E-state index contributed by atoms with van der Waals surface area (Å²) in [5, 5.41) is 12.5. The van der Waals surface area contributed by atoms with Crippen LogP contribution in [-0.2, 0) is 0 Å². The number of hydrogen-bond donors (Lipinski definition) is 2. The molecule has 0 amide bonds. The molecule has 22 heavy (non-hydrogen) atoms. The highest BCUT2D eigenvalue weighted by Crippen LogP contribution is 2.32. The molecule has 0 saturated carbocycles. The zero-order valence-corrected chi connectivity index (χ0v) is 13.9. The maximum absolute atomic E-state index is 8.69. The van der Waals surface area contributed by atoms with Crippen molar-refractivity contribution in [3.05, 3.63) is 53.6 Å². The van der Waals surface area contributed by atoms with Crippen LogP contribution in [0, 0.1) is 0 Å². The van der Waals surface area contributed by atoms with Crippen molar-refractivity contribution in [3.8, 4) is 16.9 Å². The van der Waals surface area contributed by atoms with Crippen molar-refractivity contribution in [2.45, 2.75) is 6.42 Å². The van der Waals surface area contributed by atoms with Crippen LogP contribution in [0.4, 0.5) is 0 Å². The first-order valence-electron chi connectivity index (χ1n) is 7.10. The van der Waals surface area contributed by atoms with E-state index in [0.29, 0.717) is 18.2 Å². The molecule has 0 unspecified atom stereocenters. The predicted molar refractivity (Wildman–Crippen MR) is 94.2 cm³/mol. The van der Waals surface area contributed by atoms with Crippen molar-refractivity contribution in [2.24, 2.45) is 0 Å². The Morgan fingerprint density at radius 1 is 1.05 bits per heavy atom. The summed E-state index contributed by atoms with van der Waals surface area (Å²) in [6, 6.07) is 15.8. The Hall–Kier alpha value is -1.26. The second-order valence-corrected chi connectivity index (χ2v) is 5.12. The zero-order chi connectivity index (χ0) is 14.9. The molecule has 0 atom stereocenters. The first-order valence-corrected chi connectivity index (χ1v) is 7.48. The van der Waals surface area contributed by atoms with Crippen molar-refractivity contribution < 1.29 is 9.84 Å². The Balaban J connectivity index is 0.00000242. The van der Waals surface area contributed by atoms with Crippen molar-refractivity contribution in [3.63, 3.8) is 0 Å². The molecular formula is C17H21Cl2NO2. The maximum atomic E-state index is 8.69. The monoisotopic (exact) mass is 341 g/mol. The van der Waals surface area contributed by atoms with E-state index in [1.54, 1.807) is 0 Å². The summed E-state index contributed by atoms with van der Waals surface area (Å²) >= 11 is 6.07. The molecule has 5 heteroatoms. The first-order chi connectivity index (χ1) is 10.3. The summed E-state index contributed by atoms with van der Waals surface area (Å²) < 4.78 is 5.87. The van der Waals surface area contributed by atoms with Gasteiger partial charge in [0, 0.05) is 17.1 Å². The van der Waals surface area contributed by atoms with E-state index in [9.17, 15) is 0 Å². The molecule has 2 aromatic rings. The minimum absolute atomic E-state index is 0. The van der Waals surface area contributed by atoms with Crippen LogP contribution in [0.15, 0.2) is 48.5 Å². The fourth-order valence-electron chi connectivity index (χ4n) is 2.06. The predicted octanol–water partition coefficient (Wildman–Crippen LogP) is 3.78. The van der Waals surface area contributed by atoms with Crippen molar-refractivity contribution in [1.82, 2.24) is 5.32 Å². The van der Waals surface area contributed by atoms with Crippen LogP contribution >= 0.6 is 24.0 Å². The molecule has 2 rings (SSSR count). The van der Waals surface area contributed by atoms with E-state index in [0.717, 1.165) is 29.8 Å². The summed E-state index contributed by atoms with van der Waals surface area (Å²) in [6.45, 7) is 2.21. The summed E-state index contributed by atoms with van der Waals surface area (Å²) in [7, 11) is 0. The highest BCUT2D eigenvalue weighted by Gasteiger charge is 2.07. The number of aliphatic hydroxyl groups excluding tert-OH is 1. The standard InChI is InChI=1S/C17H20ClNO2.ClH/c18-15-7-8-16(14-5-2-1-3-6-14)17(13-15)21-12-4-9-19-10-11-20;/h1-3,5-8,13,19-20H,4,9-12H2;1H. The zero-order valence-electron chi connectivity index (χ0n) is 12.3. The fraction of sp³-hybridized carbons (Fsp3) is 0.294. The molecule has 0 aromatic heterocycles. The molecule has 0 fully saturated rings. The van der Waals surface area contributed by atoms with Crippen LogP contribution in [-0.4, -0.2) is 31.4 Å². The van der Waals surface area contributed by atoms with Crippen LogP contribution in [0.3, 0.4) is 0 Å². The van der Waals surface area contributed by atoms with E-state index in [4.69, 9.17) is 21.4 Å². The van der Waals surface area contributed by atoms with Gasteiger partial charge in [-0.05, 0) is 36.7 Å². The van der Waals surface area contributed by atoms with Gasteiger partial charge in [-0.25, -0.2) is 0 Å². The molecule has 3 nitrogen and oxygen atoms in total. The molecule has 2 aromatic carbocycles. The number of halogens is 2. The molecule has 0 aliphatic carbocycles. The van der Waals surface area contributed by atoms with Gasteiger partial charge in [-0.15, -0.1) is 12.4 Å². The third kappa shape index (κ3) is 5.85. The molecule has 0 aliphatic rings. The van der Waals surface area contributed by atoms with Gasteiger partial charge in [0.1, 0.15) is 5.75 Å². The van der Waals surface area contributed by atoms with Gasteiger partial charge >= 0.3 is 0 Å². The number of benzene rings is 2. The lowest BCUT2D eigenvalue weighted by Gasteiger charge is -2.12. The summed E-state index contributed by atoms with van der Waals surface area (Å²) in [5.74, 6) is 0.802. The van der Waals surface area contributed by atoms with Crippen LogP contribution in [0.2, 0.25) is 5.02 Å². The Bertz CT molecular complexity index is 550. The summed E-state index contributed by atoms with van der Waals surface area (Å²) in [4.78, 5) is 0. The summed E-state index contributed by atoms with van der Waals surface area (Å²) in [6.07, 6.45) is 0.876. The van der Waals surface area contributed by atoms with Crippen molar-refractivity contribution >= 4 is 24.0 Å². The molecule has 0 radical (unpaired) electrons. The van der Waals surface area contributed by atoms with E-state index in [1.165, 1.54) is 0 Å². The van der Waals surface area contributed by atoms with Gasteiger partial charge in [-0.3, -0.25) is 0 Å². The largest absolute Gasteiger partial charge is 0.493 e. The number of ether oxygens (including phenoxy) is 1. The van der Waals surface area contributed by atoms with Gasteiger partial charge in [-0.2, -0.15) is 0 Å². The highest BCUT2D eigenvalue weighted by atomic mass is 35.5. The topological polar surface area (TPSA) is 41.5 Å². The SMILES string of the molecule is Cl.OCCNCCCOc1cc(Cl)ccc1-c1ccccc1. The number of nitrogens with one attached hydrogen (secondary N) is 1. The normalized spacial score (nSPS) is 10.1. The molecule has 2 N–H and O–H groups in total. The average molecular weight is 342 g/mol. The second kappa shape index (κ2) is 10.5. The van der Waals surface area contributed by atoms with Crippen LogP contribution in [0.5, 0.6) is 5.75 Å². The Kier molecular flexibility index (Phi) is 8.94. The van der Waals surface area contributed by atoms with E-state index < -0.39 is 0 Å². The molecule has 120 valence electrons. The van der Waals surface area contributed by atoms with E-state index in [2.05, 4.69) is 17.4 Å². The third-order valence-electron chi connectivity index (χ3n) is 3.07. The van der Waals surface area contributed by atoms with Gasteiger partial charge in [-0.1, -0.05) is 41.9 Å². The lowest BCUT2D eigenvalue weighted by molar-refractivity contribution is 0.282. The second-order valence-electron chi connectivity index (χ2n) is 4.68. The van der Waals surface area contributed by atoms with Gasteiger partial charge in [0.05, 0.1) is 13.2 Å². The molecule has 0 heterocycles. The highest BCUT2D eigenvalue weighted by molar-refractivity contribution is 6.30. The van der Waals surface area contributed by atoms with E-state index >= 15 is 0 Å². The number of rotatable bonds is 8. The molecule has 0 saturated heterocycles. The molecule has 0 bridgehead atoms. The Morgan fingerprint density at radius 2 is 1.82 bits per heavy atom. The first kappa shape index (κ1) is 18.8. The van der Waals surface area contributed by atoms with Gasteiger partial charge in [0.2, 0.25) is 0 Å². The smallest absolute Gasteiger partial charge is 0.128 e. The minimum atomic E-state index is 0. The maximum Gasteiger partial charge on any atom is 0.128 e. The van der Waals surface area contributed by atoms with E-state index in [-0.39, 0.29) is 19.0 Å². The quantitative estimate of drug-likeness (QED) is 0.718. The number of aliphatic hydroxyl groups is 1. The number of hydrogen-bond acceptors (Lipinski definition) is 3. The van der Waals surface area contributed by atoms with Gasteiger partial charge < -0.3 is 15.2 Å². The lowest BCUT2D eigenvalue weighted by atomic mass is 10.0. The Morgan fingerprint density at radius 3 is 2.55 bits per heavy atom. The van der Waals surface area contributed by atoms with Crippen LogP contribution in [0.25, 0.3) is 11.1 Å². The van der Waals surface area contributed by atoms with Gasteiger partial charge in [0.25, 0.3) is 0 Å². The molecular weight excluding hydrogens is 321 g/mol. The lowest BCUT2D eigenvalue weighted by Crippen LogP contribution is -2.20. The van der Waals surface area contributed by atoms with E-state index in [1.807, 2.05) is 36.4 Å².